The van der Waals surface area contributed by atoms with E-state index in [1.165, 1.54) is 19.1 Å². The van der Waals surface area contributed by atoms with E-state index in [1.54, 1.807) is 0 Å². The minimum atomic E-state index is -1.02. The predicted molar refractivity (Wildman–Crippen MR) is 80.1 cm³/mol. The zero-order chi connectivity index (χ0) is 15.8. The zero-order valence-corrected chi connectivity index (χ0v) is 13.3. The summed E-state index contributed by atoms with van der Waals surface area (Å²) in [5.41, 5.74) is -0.185. The molecule has 0 spiro atoms. The van der Waals surface area contributed by atoms with E-state index in [0.717, 1.165) is 25.7 Å². The van der Waals surface area contributed by atoms with Gasteiger partial charge in [-0.05, 0) is 58.2 Å². The minimum Gasteiger partial charge on any atom is -0.386 e. The molecule has 118 valence electrons. The van der Waals surface area contributed by atoms with E-state index in [-0.39, 0.29) is 11.1 Å². The van der Waals surface area contributed by atoms with E-state index in [4.69, 9.17) is 0 Å². The highest BCUT2D eigenvalue weighted by Crippen LogP contribution is 2.44. The summed E-state index contributed by atoms with van der Waals surface area (Å²) in [6, 6.07) is 3.05. The zero-order valence-electron chi connectivity index (χ0n) is 13.3. The molecule has 0 amide bonds. The molecule has 1 saturated carbocycles. The molecule has 1 N–H and O–H groups in total. The van der Waals surface area contributed by atoms with Crippen molar-refractivity contribution < 1.29 is 13.9 Å². The van der Waals surface area contributed by atoms with Crippen molar-refractivity contribution in [1.29, 1.82) is 0 Å². The number of nitrogens with zero attached hydrogens (tertiary/aromatic N) is 1. The van der Waals surface area contributed by atoms with Gasteiger partial charge < -0.3 is 10.0 Å². The van der Waals surface area contributed by atoms with Crippen LogP contribution in [0, 0.1) is 24.5 Å². The van der Waals surface area contributed by atoms with Gasteiger partial charge in [-0.1, -0.05) is 19.1 Å². The van der Waals surface area contributed by atoms with Crippen LogP contribution in [-0.4, -0.2) is 29.6 Å². The number of hydrogen-bond donors (Lipinski definition) is 1. The van der Waals surface area contributed by atoms with Gasteiger partial charge in [0.1, 0.15) is 6.10 Å². The first-order chi connectivity index (χ1) is 9.79. The minimum absolute atomic E-state index is 0.0707. The lowest BCUT2D eigenvalue weighted by atomic mass is 9.71. The highest BCUT2D eigenvalue weighted by molar-refractivity contribution is 5.29. The van der Waals surface area contributed by atoms with Crippen LogP contribution in [0.2, 0.25) is 0 Å². The fourth-order valence-corrected chi connectivity index (χ4v) is 3.39. The Labute approximate surface area is 125 Å². The third kappa shape index (κ3) is 2.84. The van der Waals surface area contributed by atoms with Crippen molar-refractivity contribution in [1.82, 2.24) is 4.90 Å². The van der Waals surface area contributed by atoms with Gasteiger partial charge in [-0.25, -0.2) is 8.78 Å². The number of halogens is 2. The fourth-order valence-electron chi connectivity index (χ4n) is 3.39. The largest absolute Gasteiger partial charge is 0.386 e. The maximum Gasteiger partial charge on any atom is 0.164 e. The topological polar surface area (TPSA) is 23.5 Å². The number of likely N-dealkylation sites (N-methyl/N-ethyl adjacent to an activating group) is 1. The second kappa shape index (κ2) is 6.01. The Bertz CT molecular complexity index is 508. The van der Waals surface area contributed by atoms with Crippen molar-refractivity contribution in [2.24, 2.45) is 5.92 Å². The predicted octanol–water partition coefficient (Wildman–Crippen LogP) is 3.82. The van der Waals surface area contributed by atoms with Crippen LogP contribution in [0.3, 0.4) is 0 Å². The third-order valence-electron chi connectivity index (χ3n) is 5.14. The van der Waals surface area contributed by atoms with Crippen LogP contribution in [0.25, 0.3) is 0 Å². The fraction of sp³-hybridized carbons (Fsp3) is 0.647. The number of hydrogen-bond acceptors (Lipinski definition) is 2. The normalized spacial score (nSPS) is 27.9. The van der Waals surface area contributed by atoms with Crippen molar-refractivity contribution in [2.75, 3.05) is 14.1 Å². The van der Waals surface area contributed by atoms with Gasteiger partial charge in [-0.3, -0.25) is 0 Å². The maximum absolute atomic E-state index is 14.2. The third-order valence-corrected chi connectivity index (χ3v) is 5.14. The second-order valence-corrected chi connectivity index (χ2v) is 6.68. The molecule has 1 aromatic rings. The van der Waals surface area contributed by atoms with Gasteiger partial charge in [-0.15, -0.1) is 0 Å². The standard InChI is InChI=1S/C17H25F2NO/c1-11-7-9-17(10-8-11,20(3)4)16(21)13-6-5-12(2)14(18)15(13)19/h5-6,11,16,21H,7-10H2,1-4H3. The highest BCUT2D eigenvalue weighted by Gasteiger charge is 2.44. The van der Waals surface area contributed by atoms with E-state index in [0.29, 0.717) is 5.92 Å². The molecule has 2 nitrogen and oxygen atoms in total. The Balaban J connectivity index is 2.40. The van der Waals surface area contributed by atoms with Crippen molar-refractivity contribution in [3.05, 3.63) is 34.9 Å². The summed E-state index contributed by atoms with van der Waals surface area (Å²) in [7, 11) is 3.81. The lowest BCUT2D eigenvalue weighted by molar-refractivity contribution is -0.0426. The first-order valence-electron chi connectivity index (χ1n) is 7.59. The van der Waals surface area contributed by atoms with Gasteiger partial charge in [0.2, 0.25) is 0 Å². The molecular weight excluding hydrogens is 272 g/mol. The molecule has 0 heterocycles. The van der Waals surface area contributed by atoms with Crippen LogP contribution in [0.5, 0.6) is 0 Å². The Kier molecular flexibility index (Phi) is 4.69. The molecule has 1 aliphatic rings. The van der Waals surface area contributed by atoms with Gasteiger partial charge in [0.15, 0.2) is 11.6 Å². The molecular formula is C17H25F2NO. The quantitative estimate of drug-likeness (QED) is 0.917. The molecule has 1 fully saturated rings. The first kappa shape index (κ1) is 16.4. The van der Waals surface area contributed by atoms with E-state index < -0.39 is 23.3 Å². The molecule has 1 atom stereocenters. The SMILES string of the molecule is Cc1ccc(C(O)C2(N(C)C)CCC(C)CC2)c(F)c1F. The van der Waals surface area contributed by atoms with E-state index in [2.05, 4.69) is 6.92 Å². The average Bonchev–Trinajstić information content (AvgIpc) is 2.45. The summed E-state index contributed by atoms with van der Waals surface area (Å²) in [5.74, 6) is -1.16. The lowest BCUT2D eigenvalue weighted by Gasteiger charge is -2.47. The molecule has 0 radical (unpaired) electrons. The van der Waals surface area contributed by atoms with Gasteiger partial charge in [0.25, 0.3) is 0 Å². The van der Waals surface area contributed by atoms with Gasteiger partial charge in [0.05, 0.1) is 5.54 Å². The molecule has 1 unspecified atom stereocenters. The Morgan fingerprint density at radius 2 is 1.76 bits per heavy atom. The maximum atomic E-state index is 14.2. The smallest absolute Gasteiger partial charge is 0.164 e. The molecule has 21 heavy (non-hydrogen) atoms. The Morgan fingerprint density at radius 3 is 2.29 bits per heavy atom. The summed E-state index contributed by atoms with van der Waals surface area (Å²) in [6.45, 7) is 3.72. The summed E-state index contributed by atoms with van der Waals surface area (Å²) in [6.07, 6.45) is 2.54. The number of benzene rings is 1. The Hall–Kier alpha value is -1.00. The van der Waals surface area contributed by atoms with Crippen molar-refractivity contribution in [2.45, 2.75) is 51.2 Å². The molecule has 0 bridgehead atoms. The van der Waals surface area contributed by atoms with Crippen LogP contribution in [0.4, 0.5) is 8.78 Å². The van der Waals surface area contributed by atoms with Crippen LogP contribution in [0.1, 0.15) is 49.8 Å². The number of rotatable bonds is 3. The van der Waals surface area contributed by atoms with Crippen LogP contribution in [0.15, 0.2) is 12.1 Å². The molecule has 4 heteroatoms. The molecule has 0 aliphatic heterocycles. The van der Waals surface area contributed by atoms with E-state index in [9.17, 15) is 13.9 Å². The van der Waals surface area contributed by atoms with Crippen LogP contribution < -0.4 is 0 Å². The summed E-state index contributed by atoms with van der Waals surface area (Å²) in [5, 5.41) is 10.8. The van der Waals surface area contributed by atoms with Crippen molar-refractivity contribution >= 4 is 0 Å². The highest BCUT2D eigenvalue weighted by atomic mass is 19.2. The molecule has 2 rings (SSSR count). The van der Waals surface area contributed by atoms with Crippen LogP contribution in [-0.2, 0) is 0 Å². The summed E-state index contributed by atoms with van der Waals surface area (Å²) in [4.78, 5) is 1.97. The van der Waals surface area contributed by atoms with Gasteiger partial charge >= 0.3 is 0 Å². The molecule has 0 saturated heterocycles. The second-order valence-electron chi connectivity index (χ2n) is 6.68. The summed E-state index contributed by atoms with van der Waals surface area (Å²) >= 11 is 0. The molecule has 0 aromatic heterocycles. The summed E-state index contributed by atoms with van der Waals surface area (Å²) < 4.78 is 28.0. The van der Waals surface area contributed by atoms with Crippen molar-refractivity contribution in [3.8, 4) is 0 Å². The molecule has 1 aromatic carbocycles. The first-order valence-corrected chi connectivity index (χ1v) is 7.59. The average molecular weight is 297 g/mol. The number of aliphatic hydroxyl groups excluding tert-OH is 1. The monoisotopic (exact) mass is 297 g/mol. The van der Waals surface area contributed by atoms with Crippen molar-refractivity contribution in [3.63, 3.8) is 0 Å². The molecule has 1 aliphatic carbocycles. The van der Waals surface area contributed by atoms with Gasteiger partial charge in [0, 0.05) is 5.56 Å². The van der Waals surface area contributed by atoms with Crippen LogP contribution >= 0.6 is 0 Å². The van der Waals surface area contributed by atoms with E-state index in [1.807, 2.05) is 19.0 Å². The van der Waals surface area contributed by atoms with Gasteiger partial charge in [-0.2, -0.15) is 0 Å². The van der Waals surface area contributed by atoms with E-state index >= 15 is 0 Å². The number of aryl methyl sites for hydroxylation is 1. The Morgan fingerprint density at radius 1 is 1.19 bits per heavy atom. The lowest BCUT2D eigenvalue weighted by Crippen LogP contribution is -2.51. The number of aliphatic hydroxyl groups is 1.